The lowest BCUT2D eigenvalue weighted by Gasteiger charge is -2.35. The first-order valence-electron chi connectivity index (χ1n) is 9.74. The number of nitrogens with zero attached hydrogens (tertiary/aromatic N) is 1. The van der Waals surface area contributed by atoms with E-state index in [1.807, 2.05) is 6.92 Å². The van der Waals surface area contributed by atoms with E-state index in [1.54, 1.807) is 0 Å². The molecule has 1 saturated carbocycles. The lowest BCUT2D eigenvalue weighted by atomic mass is 9.96. The highest BCUT2D eigenvalue weighted by Crippen LogP contribution is 2.34. The molecule has 0 aromatic carbocycles. The average molecular weight is 404 g/mol. The van der Waals surface area contributed by atoms with E-state index >= 15 is 0 Å². The maximum atomic E-state index is 13.8. The molecular formula is C19H28F2NO6-. The molecular weight excluding hydrogens is 376 g/mol. The number of esters is 1. The zero-order chi connectivity index (χ0) is 21.1. The predicted octanol–water partition coefficient (Wildman–Crippen LogP) is 2.12. The molecule has 2 fully saturated rings. The molecule has 1 unspecified atom stereocenters. The second kappa shape index (κ2) is 8.61. The standard InChI is InChI=1S/C19H29F2NO6/c1-12(2)14(19(20,21)16(24)25)27-15(23)13-6-10-22(11-7-13)17(26)28-18(3)8-4-5-9-18/h12-14H,4-11H2,1-3H3,(H,24,25)/p-1. The molecule has 28 heavy (non-hydrogen) atoms. The number of hydrogen-bond acceptors (Lipinski definition) is 6. The van der Waals surface area contributed by atoms with Gasteiger partial charge in [0.2, 0.25) is 0 Å². The van der Waals surface area contributed by atoms with Gasteiger partial charge >= 0.3 is 18.0 Å². The van der Waals surface area contributed by atoms with Crippen molar-refractivity contribution in [3.8, 4) is 0 Å². The number of aliphatic carboxylic acids is 1. The molecule has 1 saturated heterocycles. The first-order chi connectivity index (χ1) is 13.0. The van der Waals surface area contributed by atoms with Crippen LogP contribution in [-0.4, -0.2) is 53.6 Å². The minimum atomic E-state index is -4.27. The van der Waals surface area contributed by atoms with Gasteiger partial charge in [0.15, 0.2) is 6.10 Å². The molecule has 7 nitrogen and oxygen atoms in total. The van der Waals surface area contributed by atoms with Gasteiger partial charge in [-0.1, -0.05) is 13.8 Å². The fourth-order valence-electron chi connectivity index (χ4n) is 3.76. The van der Waals surface area contributed by atoms with Crippen LogP contribution < -0.4 is 5.11 Å². The molecule has 0 radical (unpaired) electrons. The Morgan fingerprint density at radius 3 is 2.14 bits per heavy atom. The van der Waals surface area contributed by atoms with Crippen LogP contribution in [0.5, 0.6) is 0 Å². The van der Waals surface area contributed by atoms with E-state index in [1.165, 1.54) is 18.7 Å². The van der Waals surface area contributed by atoms with Crippen LogP contribution in [0.15, 0.2) is 0 Å². The molecule has 1 heterocycles. The highest BCUT2D eigenvalue weighted by Gasteiger charge is 2.47. The van der Waals surface area contributed by atoms with Gasteiger partial charge in [0, 0.05) is 13.1 Å². The third kappa shape index (κ3) is 5.11. The third-order valence-electron chi connectivity index (χ3n) is 5.56. The number of halogens is 2. The number of hydrogen-bond donors (Lipinski definition) is 0. The smallest absolute Gasteiger partial charge is 0.410 e. The van der Waals surface area contributed by atoms with Crippen molar-refractivity contribution < 1.29 is 37.7 Å². The van der Waals surface area contributed by atoms with Gasteiger partial charge in [-0.3, -0.25) is 4.79 Å². The van der Waals surface area contributed by atoms with Gasteiger partial charge in [0.05, 0.1) is 5.92 Å². The maximum absolute atomic E-state index is 13.8. The fraction of sp³-hybridized carbons (Fsp3) is 0.842. The molecule has 2 aliphatic rings. The first-order valence-corrected chi connectivity index (χ1v) is 9.74. The van der Waals surface area contributed by atoms with Crippen molar-refractivity contribution in [3.63, 3.8) is 0 Å². The zero-order valence-electron chi connectivity index (χ0n) is 16.5. The third-order valence-corrected chi connectivity index (χ3v) is 5.56. The van der Waals surface area contributed by atoms with Crippen molar-refractivity contribution in [2.75, 3.05) is 13.1 Å². The Morgan fingerprint density at radius 2 is 1.68 bits per heavy atom. The number of ether oxygens (including phenoxy) is 2. The quantitative estimate of drug-likeness (QED) is 0.629. The van der Waals surface area contributed by atoms with Crippen LogP contribution in [0.4, 0.5) is 13.6 Å². The molecule has 9 heteroatoms. The number of alkyl halides is 2. The van der Waals surface area contributed by atoms with Crippen LogP contribution in [0, 0.1) is 11.8 Å². The molecule has 1 atom stereocenters. The van der Waals surface area contributed by atoms with Crippen LogP contribution in [-0.2, 0) is 19.1 Å². The van der Waals surface area contributed by atoms with Crippen LogP contribution in [0.3, 0.4) is 0 Å². The summed E-state index contributed by atoms with van der Waals surface area (Å²) < 4.78 is 38.0. The van der Waals surface area contributed by atoms with Gasteiger partial charge in [0.25, 0.3) is 0 Å². The number of carbonyl (C=O) groups excluding carboxylic acids is 3. The summed E-state index contributed by atoms with van der Waals surface area (Å²) in [7, 11) is 0. The van der Waals surface area contributed by atoms with Crippen molar-refractivity contribution >= 4 is 18.0 Å². The van der Waals surface area contributed by atoms with E-state index in [2.05, 4.69) is 0 Å². The summed E-state index contributed by atoms with van der Waals surface area (Å²) in [6, 6.07) is 0. The minimum absolute atomic E-state index is 0.242. The number of amides is 1. The average Bonchev–Trinajstić information content (AvgIpc) is 3.04. The highest BCUT2D eigenvalue weighted by molar-refractivity contribution is 5.77. The van der Waals surface area contributed by atoms with Crippen LogP contribution in [0.25, 0.3) is 0 Å². The second-order valence-corrected chi connectivity index (χ2v) is 8.30. The zero-order valence-corrected chi connectivity index (χ0v) is 16.5. The topological polar surface area (TPSA) is 96.0 Å². The number of carboxylic acid groups (broad SMARTS) is 1. The predicted molar refractivity (Wildman–Crippen MR) is 92.3 cm³/mol. The number of likely N-dealkylation sites (tertiary alicyclic amines) is 1. The Balaban J connectivity index is 1.88. The summed E-state index contributed by atoms with van der Waals surface area (Å²) in [4.78, 5) is 36.8. The SMILES string of the molecule is CC(C)C(OC(=O)C1CCN(C(=O)OC2(C)CCCC2)CC1)C(F)(F)C(=O)[O-]. The van der Waals surface area contributed by atoms with Crippen molar-refractivity contribution in [2.45, 2.75) is 76.9 Å². The van der Waals surface area contributed by atoms with E-state index in [9.17, 15) is 28.3 Å². The van der Waals surface area contributed by atoms with Gasteiger partial charge in [-0.15, -0.1) is 0 Å². The summed E-state index contributed by atoms with van der Waals surface area (Å²) in [5.74, 6) is -9.30. The van der Waals surface area contributed by atoms with Crippen molar-refractivity contribution in [3.05, 3.63) is 0 Å². The molecule has 160 valence electrons. The minimum Gasteiger partial charge on any atom is -0.544 e. The second-order valence-electron chi connectivity index (χ2n) is 8.30. The van der Waals surface area contributed by atoms with Gasteiger partial charge in [0.1, 0.15) is 11.6 Å². The maximum Gasteiger partial charge on any atom is 0.410 e. The van der Waals surface area contributed by atoms with Gasteiger partial charge in [-0.2, -0.15) is 8.78 Å². The van der Waals surface area contributed by atoms with Gasteiger partial charge in [-0.25, -0.2) is 4.79 Å². The lowest BCUT2D eigenvalue weighted by Crippen LogP contribution is -2.54. The summed E-state index contributed by atoms with van der Waals surface area (Å²) in [6.45, 7) is 5.09. The van der Waals surface area contributed by atoms with Crippen molar-refractivity contribution in [1.29, 1.82) is 0 Å². The van der Waals surface area contributed by atoms with E-state index in [0.717, 1.165) is 25.7 Å². The van der Waals surface area contributed by atoms with Crippen LogP contribution in [0.1, 0.15) is 59.3 Å². The molecule has 0 aromatic rings. The largest absolute Gasteiger partial charge is 0.544 e. The van der Waals surface area contributed by atoms with Crippen LogP contribution in [0.2, 0.25) is 0 Å². The summed E-state index contributed by atoms with van der Waals surface area (Å²) >= 11 is 0. The van der Waals surface area contributed by atoms with Gasteiger partial charge < -0.3 is 24.3 Å². The summed E-state index contributed by atoms with van der Waals surface area (Å²) in [5, 5.41) is 10.7. The monoisotopic (exact) mass is 404 g/mol. The molecule has 0 spiro atoms. The number of piperidine rings is 1. The fourth-order valence-corrected chi connectivity index (χ4v) is 3.76. The lowest BCUT2D eigenvalue weighted by molar-refractivity contribution is -0.337. The highest BCUT2D eigenvalue weighted by atomic mass is 19.3. The number of carboxylic acids is 1. The molecule has 1 amide bonds. The van der Waals surface area contributed by atoms with Crippen molar-refractivity contribution in [1.82, 2.24) is 4.90 Å². The first kappa shape index (κ1) is 22.4. The normalized spacial score (nSPS) is 21.4. The molecule has 2 rings (SSSR count). The van der Waals surface area contributed by atoms with E-state index in [-0.39, 0.29) is 25.9 Å². The molecule has 0 aromatic heterocycles. The Bertz CT molecular complexity index is 595. The van der Waals surface area contributed by atoms with Gasteiger partial charge in [-0.05, 0) is 51.4 Å². The Labute approximate surface area is 163 Å². The van der Waals surface area contributed by atoms with E-state index in [4.69, 9.17) is 9.47 Å². The number of rotatable bonds is 6. The Morgan fingerprint density at radius 1 is 1.14 bits per heavy atom. The number of carbonyl (C=O) groups is 3. The Kier molecular flexibility index (Phi) is 6.88. The summed E-state index contributed by atoms with van der Waals surface area (Å²) in [6.07, 6.45) is 1.64. The Hall–Kier alpha value is -1.93. The molecule has 1 aliphatic carbocycles. The van der Waals surface area contributed by atoms with E-state index < -0.39 is 47.5 Å². The summed E-state index contributed by atoms with van der Waals surface area (Å²) in [5.41, 5.74) is -0.451. The van der Waals surface area contributed by atoms with Crippen molar-refractivity contribution in [2.24, 2.45) is 11.8 Å². The molecule has 0 bridgehead atoms. The molecule has 0 N–H and O–H groups in total. The molecule has 1 aliphatic heterocycles. The van der Waals surface area contributed by atoms with E-state index in [0.29, 0.717) is 0 Å². The van der Waals surface area contributed by atoms with Crippen LogP contribution >= 0.6 is 0 Å².